The van der Waals surface area contributed by atoms with Crippen LogP contribution in [0.4, 0.5) is 13.9 Å². The fourth-order valence-electron chi connectivity index (χ4n) is 3.12. The fourth-order valence-corrected chi connectivity index (χ4v) is 3.84. The van der Waals surface area contributed by atoms with Crippen LogP contribution in [0.5, 0.6) is 0 Å². The van der Waals surface area contributed by atoms with Crippen molar-refractivity contribution in [3.8, 4) is 11.3 Å². The number of nitrogens with zero attached hydrogens (tertiary/aromatic N) is 1. The van der Waals surface area contributed by atoms with Crippen LogP contribution in [0, 0.1) is 11.6 Å². The van der Waals surface area contributed by atoms with Crippen LogP contribution in [0.15, 0.2) is 78.2 Å². The second-order valence-corrected chi connectivity index (χ2v) is 8.33. The Morgan fingerprint density at radius 1 is 0.886 bits per heavy atom. The normalized spacial score (nSPS) is 11.5. The minimum Gasteiger partial charge on any atom is -0.449 e. The van der Waals surface area contributed by atoms with Crippen molar-refractivity contribution in [3.05, 3.63) is 107 Å². The molecule has 3 aromatic carbocycles. The van der Waals surface area contributed by atoms with E-state index in [-0.39, 0.29) is 16.5 Å². The number of carbonyl (C=O) groups is 3. The number of rotatable bonds is 7. The lowest BCUT2D eigenvalue weighted by molar-refractivity contribution is -0.123. The molecule has 1 heterocycles. The van der Waals surface area contributed by atoms with Gasteiger partial charge in [0.1, 0.15) is 0 Å². The van der Waals surface area contributed by atoms with Crippen molar-refractivity contribution in [1.82, 2.24) is 4.98 Å². The zero-order chi connectivity index (χ0) is 24.9. The highest BCUT2D eigenvalue weighted by atomic mass is 32.1. The van der Waals surface area contributed by atoms with Gasteiger partial charge in [0.25, 0.3) is 5.91 Å². The van der Waals surface area contributed by atoms with Crippen LogP contribution in [-0.2, 0) is 9.53 Å². The monoisotopic (exact) mass is 492 g/mol. The van der Waals surface area contributed by atoms with Crippen LogP contribution in [0.1, 0.15) is 33.2 Å². The molecule has 1 amide bonds. The Labute approximate surface area is 203 Å². The highest BCUT2D eigenvalue weighted by Crippen LogP contribution is 2.26. The maximum Gasteiger partial charge on any atom is 0.338 e. The quantitative estimate of drug-likeness (QED) is 0.272. The topological polar surface area (TPSA) is 85.4 Å². The first kappa shape index (κ1) is 23.9. The second-order valence-electron chi connectivity index (χ2n) is 7.48. The number of ether oxygens (including phenoxy) is 1. The molecule has 0 aliphatic carbocycles. The summed E-state index contributed by atoms with van der Waals surface area (Å²) in [6, 6.07) is 18.1. The zero-order valence-electron chi connectivity index (χ0n) is 18.3. The molecule has 6 nitrogen and oxygen atoms in total. The molecule has 4 rings (SSSR count). The number of ketones is 1. The van der Waals surface area contributed by atoms with Crippen molar-refractivity contribution in [3.63, 3.8) is 0 Å². The Balaban J connectivity index is 1.35. The van der Waals surface area contributed by atoms with E-state index in [2.05, 4.69) is 10.3 Å². The molecule has 9 heteroatoms. The summed E-state index contributed by atoms with van der Waals surface area (Å²) in [5.74, 6) is -3.48. The number of thiazole rings is 1. The summed E-state index contributed by atoms with van der Waals surface area (Å²) >= 11 is 1.09. The van der Waals surface area contributed by atoms with Gasteiger partial charge in [0, 0.05) is 22.1 Å². The molecule has 0 spiro atoms. The average molecular weight is 493 g/mol. The van der Waals surface area contributed by atoms with E-state index < -0.39 is 29.6 Å². The van der Waals surface area contributed by atoms with Crippen molar-refractivity contribution in [1.29, 1.82) is 0 Å². The zero-order valence-corrected chi connectivity index (χ0v) is 19.1. The molecule has 0 saturated heterocycles. The maximum atomic E-state index is 13.5. The molecule has 35 heavy (non-hydrogen) atoms. The molecule has 1 atom stereocenters. The van der Waals surface area contributed by atoms with Crippen LogP contribution >= 0.6 is 11.3 Å². The Morgan fingerprint density at radius 2 is 1.54 bits per heavy atom. The van der Waals surface area contributed by atoms with E-state index in [1.54, 1.807) is 29.6 Å². The first-order valence-corrected chi connectivity index (χ1v) is 11.3. The summed E-state index contributed by atoms with van der Waals surface area (Å²) in [5.41, 5.74) is 1.85. The third-order valence-electron chi connectivity index (χ3n) is 5.02. The predicted octanol–water partition coefficient (Wildman–Crippen LogP) is 5.50. The number of esters is 1. The highest BCUT2D eigenvalue weighted by molar-refractivity contribution is 7.14. The molecule has 0 fully saturated rings. The number of hydrogen-bond donors (Lipinski definition) is 1. The van der Waals surface area contributed by atoms with Gasteiger partial charge in [0.15, 0.2) is 28.7 Å². The van der Waals surface area contributed by atoms with E-state index in [9.17, 15) is 23.2 Å². The van der Waals surface area contributed by atoms with Gasteiger partial charge >= 0.3 is 5.97 Å². The van der Waals surface area contributed by atoms with E-state index in [1.165, 1.54) is 37.3 Å². The number of amides is 1. The fraction of sp³-hybridized carbons (Fsp3) is 0.0769. The maximum absolute atomic E-state index is 13.5. The van der Waals surface area contributed by atoms with E-state index in [1.807, 2.05) is 6.07 Å². The third kappa shape index (κ3) is 5.64. The minimum absolute atomic E-state index is 0.176. The molecule has 0 aliphatic rings. The lowest BCUT2D eigenvalue weighted by Gasteiger charge is -2.12. The molecule has 1 N–H and O–H groups in total. The number of hydrogen-bond acceptors (Lipinski definition) is 6. The summed E-state index contributed by atoms with van der Waals surface area (Å²) < 4.78 is 31.8. The van der Waals surface area contributed by atoms with E-state index >= 15 is 0 Å². The lowest BCUT2D eigenvalue weighted by Crippen LogP contribution is -2.30. The van der Waals surface area contributed by atoms with Crippen molar-refractivity contribution in [2.75, 3.05) is 5.32 Å². The molecular weight excluding hydrogens is 474 g/mol. The van der Waals surface area contributed by atoms with Crippen LogP contribution in [0.3, 0.4) is 0 Å². The number of halogens is 2. The summed E-state index contributed by atoms with van der Waals surface area (Å²) in [6.45, 7) is 1.41. The molecule has 1 unspecified atom stereocenters. The Kier molecular flexibility index (Phi) is 7.07. The van der Waals surface area contributed by atoms with Gasteiger partial charge in [-0.2, -0.15) is 0 Å². The highest BCUT2D eigenvalue weighted by Gasteiger charge is 2.21. The van der Waals surface area contributed by atoms with Crippen molar-refractivity contribution in [2.45, 2.75) is 13.0 Å². The van der Waals surface area contributed by atoms with E-state index in [0.29, 0.717) is 22.4 Å². The molecule has 1 aromatic heterocycles. The summed E-state index contributed by atoms with van der Waals surface area (Å²) in [5, 5.41) is 4.33. The summed E-state index contributed by atoms with van der Waals surface area (Å²) in [6.07, 6.45) is -1.14. The van der Waals surface area contributed by atoms with Gasteiger partial charge in [-0.1, -0.05) is 42.5 Å². The number of anilines is 1. The Bertz CT molecular complexity index is 1390. The van der Waals surface area contributed by atoms with Gasteiger partial charge in [0.2, 0.25) is 0 Å². The van der Waals surface area contributed by atoms with E-state index in [4.69, 9.17) is 4.74 Å². The summed E-state index contributed by atoms with van der Waals surface area (Å²) in [4.78, 5) is 41.6. The molecule has 0 saturated carbocycles. The molecule has 4 aromatic rings. The molecular formula is C26H18F2N2O4S. The van der Waals surface area contributed by atoms with Crippen LogP contribution < -0.4 is 5.32 Å². The first-order chi connectivity index (χ1) is 16.8. The Hall–Kier alpha value is -4.24. The minimum atomic E-state index is -1.14. The molecule has 0 bridgehead atoms. The van der Waals surface area contributed by atoms with Gasteiger partial charge in [-0.3, -0.25) is 14.9 Å². The van der Waals surface area contributed by atoms with Crippen molar-refractivity contribution >= 4 is 34.1 Å². The standard InChI is InChI=1S/C26H18F2N2O4S/c1-15(24(32)30-26-29-22(14-35-26)19-11-12-20(27)21(28)13-19)34-25(33)18-9-7-17(8-10-18)23(31)16-5-3-2-4-6-16/h2-15H,1H3,(H,29,30,32). The average Bonchev–Trinajstić information content (AvgIpc) is 3.34. The third-order valence-corrected chi connectivity index (χ3v) is 5.78. The van der Waals surface area contributed by atoms with Gasteiger partial charge < -0.3 is 4.74 Å². The summed E-state index contributed by atoms with van der Waals surface area (Å²) in [7, 11) is 0. The van der Waals surface area contributed by atoms with Crippen LogP contribution in [-0.4, -0.2) is 28.7 Å². The van der Waals surface area contributed by atoms with Crippen molar-refractivity contribution in [2.24, 2.45) is 0 Å². The van der Waals surface area contributed by atoms with E-state index in [0.717, 1.165) is 23.5 Å². The van der Waals surface area contributed by atoms with Crippen LogP contribution in [0.25, 0.3) is 11.3 Å². The number of aromatic nitrogens is 1. The van der Waals surface area contributed by atoms with Crippen LogP contribution in [0.2, 0.25) is 0 Å². The predicted molar refractivity (Wildman–Crippen MR) is 127 cm³/mol. The van der Waals surface area contributed by atoms with Gasteiger partial charge in [-0.05, 0) is 37.3 Å². The smallest absolute Gasteiger partial charge is 0.338 e. The number of carbonyl (C=O) groups excluding carboxylic acids is 3. The molecule has 0 aliphatic heterocycles. The molecule has 176 valence electrons. The second kappa shape index (κ2) is 10.4. The number of nitrogens with one attached hydrogen (secondary N) is 1. The lowest BCUT2D eigenvalue weighted by atomic mass is 10.0. The van der Waals surface area contributed by atoms with Gasteiger partial charge in [-0.15, -0.1) is 11.3 Å². The van der Waals surface area contributed by atoms with Gasteiger partial charge in [0.05, 0.1) is 11.3 Å². The SMILES string of the molecule is CC(OC(=O)c1ccc(C(=O)c2ccccc2)cc1)C(=O)Nc1nc(-c2ccc(F)c(F)c2)cs1. The Morgan fingerprint density at radius 3 is 2.23 bits per heavy atom. The molecule has 0 radical (unpaired) electrons. The number of benzene rings is 3. The van der Waals surface area contributed by atoms with Crippen molar-refractivity contribution < 1.29 is 27.9 Å². The van der Waals surface area contributed by atoms with Gasteiger partial charge in [-0.25, -0.2) is 18.6 Å². The first-order valence-electron chi connectivity index (χ1n) is 10.4. The largest absolute Gasteiger partial charge is 0.449 e.